The van der Waals surface area contributed by atoms with Crippen molar-refractivity contribution in [2.75, 3.05) is 20.8 Å². The molecule has 162 valence electrons. The number of methoxy groups -OCH3 is 1. The number of ether oxygens (including phenoxy) is 1. The Labute approximate surface area is 180 Å². The van der Waals surface area contributed by atoms with Crippen molar-refractivity contribution >= 4 is 5.91 Å². The summed E-state index contributed by atoms with van der Waals surface area (Å²) < 4.78 is 21.2. The first-order valence-electron chi connectivity index (χ1n) is 10.0. The third kappa shape index (κ3) is 4.30. The van der Waals surface area contributed by atoms with E-state index in [-0.39, 0.29) is 11.7 Å². The number of imidazole rings is 1. The van der Waals surface area contributed by atoms with Crippen molar-refractivity contribution in [3.05, 3.63) is 70.8 Å². The van der Waals surface area contributed by atoms with E-state index in [1.807, 2.05) is 19.2 Å². The maximum absolute atomic E-state index is 13.7. The normalized spacial score (nSPS) is 13.7. The van der Waals surface area contributed by atoms with Gasteiger partial charge in [0.25, 0.3) is 5.91 Å². The number of carbonyl (C=O) groups is 1. The first-order chi connectivity index (χ1) is 15.0. The van der Waals surface area contributed by atoms with Crippen LogP contribution in [-0.2, 0) is 31.4 Å². The van der Waals surface area contributed by atoms with E-state index in [0.29, 0.717) is 24.4 Å². The number of nitrogens with one attached hydrogen (secondary N) is 1. The SMILES string of the molecule is CONC(=O)c1ccc(-c2nc3c(n2C)CN(Cc2cc(F)ccc2OC)CC3)cc1. The van der Waals surface area contributed by atoms with Gasteiger partial charge < -0.3 is 9.30 Å². The van der Waals surface area contributed by atoms with Crippen molar-refractivity contribution < 1.29 is 18.8 Å². The fourth-order valence-electron chi connectivity index (χ4n) is 3.97. The maximum Gasteiger partial charge on any atom is 0.274 e. The zero-order valence-corrected chi connectivity index (χ0v) is 17.8. The topological polar surface area (TPSA) is 68.6 Å². The minimum absolute atomic E-state index is 0.265. The van der Waals surface area contributed by atoms with Crippen molar-refractivity contribution in [2.45, 2.75) is 19.5 Å². The molecule has 8 heteroatoms. The Bertz CT molecular complexity index is 1090. The second-order valence-electron chi connectivity index (χ2n) is 7.52. The highest BCUT2D eigenvalue weighted by molar-refractivity contribution is 5.93. The van der Waals surface area contributed by atoms with Gasteiger partial charge in [-0.05, 0) is 30.3 Å². The summed E-state index contributed by atoms with van der Waals surface area (Å²) in [7, 11) is 5.00. The van der Waals surface area contributed by atoms with Gasteiger partial charge in [0.1, 0.15) is 17.4 Å². The first kappa shape index (κ1) is 21.0. The second kappa shape index (κ2) is 8.87. The third-order valence-electron chi connectivity index (χ3n) is 5.57. The molecule has 0 saturated carbocycles. The molecule has 7 nitrogen and oxygen atoms in total. The molecule has 1 aromatic heterocycles. The van der Waals surface area contributed by atoms with Gasteiger partial charge in [-0.15, -0.1) is 0 Å². The fraction of sp³-hybridized carbons (Fsp3) is 0.304. The molecule has 1 N–H and O–H groups in total. The lowest BCUT2D eigenvalue weighted by atomic mass is 10.1. The zero-order chi connectivity index (χ0) is 22.0. The average Bonchev–Trinajstić information content (AvgIpc) is 3.10. The molecule has 0 saturated heterocycles. The van der Waals surface area contributed by atoms with Crippen LogP contribution in [0.25, 0.3) is 11.4 Å². The first-order valence-corrected chi connectivity index (χ1v) is 10.0. The highest BCUT2D eigenvalue weighted by Gasteiger charge is 2.24. The van der Waals surface area contributed by atoms with Crippen molar-refractivity contribution in [2.24, 2.45) is 7.05 Å². The molecule has 31 heavy (non-hydrogen) atoms. The van der Waals surface area contributed by atoms with E-state index in [4.69, 9.17) is 9.72 Å². The van der Waals surface area contributed by atoms with Crippen LogP contribution < -0.4 is 10.2 Å². The number of halogens is 1. The summed E-state index contributed by atoms with van der Waals surface area (Å²) in [6.45, 7) is 2.15. The Morgan fingerprint density at radius 3 is 2.68 bits per heavy atom. The molecule has 0 fully saturated rings. The van der Waals surface area contributed by atoms with Gasteiger partial charge in [-0.3, -0.25) is 14.5 Å². The number of fused-ring (bicyclic) bond motifs is 1. The van der Waals surface area contributed by atoms with Gasteiger partial charge >= 0.3 is 0 Å². The number of hydroxylamine groups is 1. The number of rotatable bonds is 6. The van der Waals surface area contributed by atoms with Crippen LogP contribution in [0.2, 0.25) is 0 Å². The molecular formula is C23H25FN4O3. The molecule has 2 heterocycles. The number of aromatic nitrogens is 2. The quantitative estimate of drug-likeness (QED) is 0.616. The van der Waals surface area contributed by atoms with Crippen LogP contribution in [-0.4, -0.2) is 41.1 Å². The smallest absolute Gasteiger partial charge is 0.274 e. The highest BCUT2D eigenvalue weighted by Crippen LogP contribution is 2.28. The summed E-state index contributed by atoms with van der Waals surface area (Å²) in [4.78, 5) is 23.7. The van der Waals surface area contributed by atoms with E-state index >= 15 is 0 Å². The predicted octanol–water partition coefficient (Wildman–Crippen LogP) is 3.08. The lowest BCUT2D eigenvalue weighted by molar-refractivity contribution is 0.0537. The van der Waals surface area contributed by atoms with E-state index in [1.54, 1.807) is 25.3 Å². The van der Waals surface area contributed by atoms with Crippen LogP contribution in [0.5, 0.6) is 5.75 Å². The number of benzene rings is 2. The van der Waals surface area contributed by atoms with E-state index in [1.165, 1.54) is 19.2 Å². The van der Waals surface area contributed by atoms with E-state index < -0.39 is 0 Å². The monoisotopic (exact) mass is 424 g/mol. The zero-order valence-electron chi connectivity index (χ0n) is 17.8. The van der Waals surface area contributed by atoms with E-state index in [9.17, 15) is 9.18 Å². The van der Waals surface area contributed by atoms with Crippen molar-refractivity contribution in [1.82, 2.24) is 19.9 Å². The summed E-state index contributed by atoms with van der Waals surface area (Å²) in [6, 6.07) is 11.9. The second-order valence-corrected chi connectivity index (χ2v) is 7.52. The Morgan fingerprint density at radius 1 is 1.19 bits per heavy atom. The summed E-state index contributed by atoms with van der Waals surface area (Å²) in [5, 5.41) is 0. The summed E-state index contributed by atoms with van der Waals surface area (Å²) in [5.74, 6) is 0.986. The molecule has 4 rings (SSSR count). The Morgan fingerprint density at radius 2 is 1.97 bits per heavy atom. The van der Waals surface area contributed by atoms with Gasteiger partial charge in [-0.2, -0.15) is 0 Å². The highest BCUT2D eigenvalue weighted by atomic mass is 19.1. The van der Waals surface area contributed by atoms with Crippen LogP contribution in [0.4, 0.5) is 4.39 Å². The molecule has 1 amide bonds. The molecule has 2 aromatic carbocycles. The Kier molecular flexibility index (Phi) is 6.01. The summed E-state index contributed by atoms with van der Waals surface area (Å²) >= 11 is 0. The molecule has 0 aliphatic carbocycles. The molecule has 0 bridgehead atoms. The molecule has 1 aliphatic rings. The molecule has 1 aliphatic heterocycles. The Balaban J connectivity index is 1.54. The third-order valence-corrected chi connectivity index (χ3v) is 5.57. The molecule has 3 aromatic rings. The maximum atomic E-state index is 13.7. The van der Waals surface area contributed by atoms with Crippen LogP contribution >= 0.6 is 0 Å². The van der Waals surface area contributed by atoms with Crippen LogP contribution in [0.3, 0.4) is 0 Å². The van der Waals surface area contributed by atoms with E-state index in [0.717, 1.165) is 41.3 Å². The number of amides is 1. The van der Waals surface area contributed by atoms with Crippen LogP contribution in [0.15, 0.2) is 42.5 Å². The predicted molar refractivity (Wildman–Crippen MR) is 114 cm³/mol. The van der Waals surface area contributed by atoms with Crippen molar-refractivity contribution in [3.8, 4) is 17.1 Å². The fourth-order valence-corrected chi connectivity index (χ4v) is 3.97. The Hall–Kier alpha value is -3.23. The summed E-state index contributed by atoms with van der Waals surface area (Å²) in [6.07, 6.45) is 0.815. The van der Waals surface area contributed by atoms with Gasteiger partial charge in [0.15, 0.2) is 0 Å². The number of hydrogen-bond acceptors (Lipinski definition) is 5. The van der Waals surface area contributed by atoms with Crippen molar-refractivity contribution in [3.63, 3.8) is 0 Å². The van der Waals surface area contributed by atoms with Crippen LogP contribution in [0.1, 0.15) is 27.3 Å². The minimum atomic E-state index is -0.295. The minimum Gasteiger partial charge on any atom is -0.496 e. The molecule has 0 radical (unpaired) electrons. The lowest BCUT2D eigenvalue weighted by Crippen LogP contribution is -2.31. The largest absolute Gasteiger partial charge is 0.496 e. The molecule has 0 atom stereocenters. The molecule has 0 unspecified atom stereocenters. The lowest BCUT2D eigenvalue weighted by Gasteiger charge is -2.27. The number of nitrogens with zero attached hydrogens (tertiary/aromatic N) is 3. The van der Waals surface area contributed by atoms with E-state index in [2.05, 4.69) is 19.8 Å². The molecule has 0 spiro atoms. The van der Waals surface area contributed by atoms with Gasteiger partial charge in [0, 0.05) is 49.8 Å². The van der Waals surface area contributed by atoms with Crippen LogP contribution in [0, 0.1) is 5.82 Å². The van der Waals surface area contributed by atoms with Gasteiger partial charge in [0.05, 0.1) is 25.6 Å². The average molecular weight is 424 g/mol. The summed E-state index contributed by atoms with van der Waals surface area (Å²) in [5.41, 5.74) is 6.80. The standard InChI is InChI=1S/C23H25FN4O3/c1-27-20-14-28(13-17-12-18(24)8-9-21(17)30-2)11-10-19(20)25-22(27)15-4-6-16(7-5-15)23(29)26-31-3/h4-9,12H,10-11,13-14H2,1-3H3,(H,26,29). The van der Waals surface area contributed by atoms with Gasteiger partial charge in [-0.1, -0.05) is 12.1 Å². The van der Waals surface area contributed by atoms with Gasteiger partial charge in [0.2, 0.25) is 0 Å². The number of carbonyl (C=O) groups excluding carboxylic acids is 1. The molecular weight excluding hydrogens is 399 g/mol. The number of hydrogen-bond donors (Lipinski definition) is 1. The van der Waals surface area contributed by atoms with Gasteiger partial charge in [-0.25, -0.2) is 14.9 Å². The van der Waals surface area contributed by atoms with Crippen molar-refractivity contribution in [1.29, 1.82) is 0 Å².